The van der Waals surface area contributed by atoms with Crippen LogP contribution in [-0.2, 0) is 4.79 Å². The lowest BCUT2D eigenvalue weighted by atomic mass is 9.88. The number of hydrogen-bond acceptors (Lipinski definition) is 5. The first kappa shape index (κ1) is 23.4. The molecular weight excluding hydrogens is 480 g/mol. The van der Waals surface area contributed by atoms with Crippen LogP contribution in [0.15, 0.2) is 12.5 Å². The van der Waals surface area contributed by atoms with Gasteiger partial charge in [0, 0.05) is 47.7 Å². The summed E-state index contributed by atoms with van der Waals surface area (Å²) in [7, 11) is 0. The molecule has 1 aliphatic carbocycles. The highest BCUT2D eigenvalue weighted by Gasteiger charge is 2.47. The molecule has 7 rings (SSSR count). The molecule has 1 amide bonds. The number of likely N-dealkylation sites (tertiary alicyclic amines) is 2. The van der Waals surface area contributed by atoms with Gasteiger partial charge in [0.05, 0.1) is 12.2 Å². The van der Waals surface area contributed by atoms with Crippen LogP contribution in [0.1, 0.15) is 72.1 Å². The minimum absolute atomic E-state index is 0.333. The first-order valence-corrected chi connectivity index (χ1v) is 14.6. The molecule has 3 aliphatic rings. The lowest BCUT2D eigenvalue weighted by Crippen LogP contribution is -2.49. The number of carbonyl (C=O) groups excluding carboxylic acids is 1. The van der Waals surface area contributed by atoms with Crippen molar-refractivity contribution in [1.82, 2.24) is 29.4 Å². The summed E-state index contributed by atoms with van der Waals surface area (Å²) < 4.78 is 1.91. The lowest BCUT2D eigenvalue weighted by Gasteiger charge is -2.35. The van der Waals surface area contributed by atoms with Crippen LogP contribution in [-0.4, -0.2) is 67.5 Å². The van der Waals surface area contributed by atoms with Gasteiger partial charge in [-0.25, -0.2) is 9.50 Å². The van der Waals surface area contributed by atoms with Crippen molar-refractivity contribution in [2.75, 3.05) is 26.2 Å². The Hall–Kier alpha value is -2.71. The van der Waals surface area contributed by atoms with Gasteiger partial charge in [0.1, 0.15) is 11.2 Å². The van der Waals surface area contributed by atoms with Gasteiger partial charge in [0.25, 0.3) is 0 Å². The number of pyridine rings is 1. The summed E-state index contributed by atoms with van der Waals surface area (Å²) in [6.45, 7) is 14.9. The van der Waals surface area contributed by atoms with Crippen molar-refractivity contribution in [3.63, 3.8) is 0 Å². The topological polar surface area (TPSA) is 69.5 Å². The van der Waals surface area contributed by atoms with Gasteiger partial charge in [0.2, 0.25) is 5.91 Å². The number of amides is 1. The number of fused-ring (bicyclic) bond motifs is 4. The number of aryl methyl sites for hydroxylation is 2. The standard InChI is InChI=1S/C29H36N6OS/c1-15(2)24-25-18(5)27(21-10-20-9-19(21)11-34(20)13-23(36)33-7-6-8-33)37-29(25)32-26(24)22-12-35-28(30-14-31-35)17(4)16(22)3/h12,14-15,19-21,32H,6-11,13H2,1-5H3/t19-,20?,21+/m0/s1. The average Bonchev–Trinajstić information content (AvgIpc) is 3.62. The quantitative estimate of drug-likeness (QED) is 0.386. The maximum atomic E-state index is 12.6. The molecule has 3 fully saturated rings. The molecule has 1 saturated carbocycles. The number of thiophene rings is 1. The SMILES string of the molecule is Cc1c(-c2[nH]c3sc([C@@H]4CC5C[C@H]4CN5CC(=O)N4CCC4)c(C)c3c2C(C)C)cn2ncnc2c1C. The Morgan fingerprint density at radius 1 is 1.16 bits per heavy atom. The van der Waals surface area contributed by atoms with Gasteiger partial charge in [-0.3, -0.25) is 9.69 Å². The van der Waals surface area contributed by atoms with Crippen LogP contribution in [0.4, 0.5) is 0 Å². The second-order valence-corrected chi connectivity index (χ2v) is 12.9. The van der Waals surface area contributed by atoms with E-state index in [9.17, 15) is 4.79 Å². The molecule has 0 radical (unpaired) electrons. The number of H-pyrrole nitrogens is 1. The van der Waals surface area contributed by atoms with E-state index in [1.54, 1.807) is 11.2 Å². The molecule has 2 saturated heterocycles. The third kappa shape index (κ3) is 3.44. The fourth-order valence-corrected chi connectivity index (χ4v) is 8.68. The summed E-state index contributed by atoms with van der Waals surface area (Å²) in [5, 5.41) is 5.86. The maximum Gasteiger partial charge on any atom is 0.236 e. The monoisotopic (exact) mass is 516 g/mol. The smallest absolute Gasteiger partial charge is 0.236 e. The minimum atomic E-state index is 0.333. The molecule has 0 spiro atoms. The van der Waals surface area contributed by atoms with Crippen molar-refractivity contribution >= 4 is 33.1 Å². The van der Waals surface area contributed by atoms with Crippen molar-refractivity contribution in [2.45, 2.75) is 71.8 Å². The van der Waals surface area contributed by atoms with E-state index in [0.29, 0.717) is 36.2 Å². The predicted molar refractivity (Wildman–Crippen MR) is 148 cm³/mol. The van der Waals surface area contributed by atoms with Crippen LogP contribution in [0.3, 0.4) is 0 Å². The summed E-state index contributed by atoms with van der Waals surface area (Å²) in [4.78, 5) is 28.2. The van der Waals surface area contributed by atoms with Gasteiger partial charge in [-0.2, -0.15) is 5.10 Å². The number of aromatic amines is 1. The molecule has 2 bridgehead atoms. The Bertz CT molecular complexity index is 1540. The molecular formula is C29H36N6OS. The average molecular weight is 517 g/mol. The van der Waals surface area contributed by atoms with Crippen LogP contribution in [0.5, 0.6) is 0 Å². The van der Waals surface area contributed by atoms with Crippen LogP contribution in [0.25, 0.3) is 27.1 Å². The zero-order valence-electron chi connectivity index (χ0n) is 22.5. The number of nitrogens with one attached hydrogen (secondary N) is 1. The number of nitrogens with zero attached hydrogens (tertiary/aromatic N) is 5. The normalized spacial score (nSPS) is 23.7. The fourth-order valence-electron chi connectivity index (χ4n) is 7.25. The molecule has 0 aromatic carbocycles. The molecule has 194 valence electrons. The van der Waals surface area contributed by atoms with Crippen molar-refractivity contribution in [1.29, 1.82) is 0 Å². The molecule has 3 atom stereocenters. The Balaban J connectivity index is 1.22. The maximum absolute atomic E-state index is 12.6. The highest BCUT2D eigenvalue weighted by Crippen LogP contribution is 2.53. The number of rotatable bonds is 5. The van der Waals surface area contributed by atoms with Gasteiger partial charge >= 0.3 is 0 Å². The molecule has 2 aliphatic heterocycles. The Morgan fingerprint density at radius 2 is 1.97 bits per heavy atom. The van der Waals surface area contributed by atoms with Crippen LogP contribution >= 0.6 is 11.3 Å². The molecule has 8 heteroatoms. The summed E-state index contributed by atoms with van der Waals surface area (Å²) >= 11 is 1.97. The van der Waals surface area contributed by atoms with E-state index in [-0.39, 0.29) is 0 Å². The molecule has 7 nitrogen and oxygen atoms in total. The van der Waals surface area contributed by atoms with E-state index in [2.05, 4.69) is 60.8 Å². The van der Waals surface area contributed by atoms with Gasteiger partial charge in [-0.15, -0.1) is 11.3 Å². The summed E-state index contributed by atoms with van der Waals surface area (Å²) in [6.07, 6.45) is 7.36. The molecule has 1 N–H and O–H groups in total. The summed E-state index contributed by atoms with van der Waals surface area (Å²) in [5.41, 5.74) is 8.69. The van der Waals surface area contributed by atoms with E-state index >= 15 is 0 Å². The van der Waals surface area contributed by atoms with Crippen molar-refractivity contribution in [3.8, 4) is 11.3 Å². The zero-order valence-corrected chi connectivity index (χ0v) is 23.3. The molecule has 37 heavy (non-hydrogen) atoms. The second kappa shape index (κ2) is 8.40. The number of aromatic nitrogens is 4. The van der Waals surface area contributed by atoms with Crippen LogP contribution in [0.2, 0.25) is 0 Å². The van der Waals surface area contributed by atoms with Crippen molar-refractivity contribution < 1.29 is 4.79 Å². The number of piperidine rings is 1. The van der Waals surface area contributed by atoms with Gasteiger partial charge in [0.15, 0.2) is 5.65 Å². The van der Waals surface area contributed by atoms with E-state index in [1.165, 1.54) is 63.0 Å². The van der Waals surface area contributed by atoms with E-state index < -0.39 is 0 Å². The Labute approximate surface area is 221 Å². The first-order chi connectivity index (χ1) is 17.8. The van der Waals surface area contributed by atoms with Gasteiger partial charge in [-0.1, -0.05) is 13.8 Å². The Morgan fingerprint density at radius 3 is 2.65 bits per heavy atom. The van der Waals surface area contributed by atoms with E-state index in [4.69, 9.17) is 0 Å². The number of carbonyl (C=O) groups is 1. The lowest BCUT2D eigenvalue weighted by molar-refractivity contribution is -0.136. The summed E-state index contributed by atoms with van der Waals surface area (Å²) in [5.74, 6) is 2.01. The zero-order chi connectivity index (χ0) is 25.6. The highest BCUT2D eigenvalue weighted by atomic mass is 32.1. The fraction of sp³-hybridized carbons (Fsp3) is 0.552. The number of hydrogen-bond donors (Lipinski definition) is 1. The van der Waals surface area contributed by atoms with Gasteiger partial charge in [-0.05, 0) is 80.0 Å². The molecule has 4 aromatic heterocycles. The Kier molecular flexibility index (Phi) is 5.31. The van der Waals surface area contributed by atoms with Crippen LogP contribution < -0.4 is 0 Å². The largest absolute Gasteiger partial charge is 0.346 e. The molecule has 4 aromatic rings. The molecule has 1 unspecified atom stereocenters. The van der Waals surface area contributed by atoms with Gasteiger partial charge < -0.3 is 9.88 Å². The van der Waals surface area contributed by atoms with Crippen LogP contribution in [0, 0.1) is 26.7 Å². The van der Waals surface area contributed by atoms with Crippen molar-refractivity contribution in [3.05, 3.63) is 39.7 Å². The third-order valence-electron chi connectivity index (χ3n) is 9.47. The minimum Gasteiger partial charge on any atom is -0.346 e. The predicted octanol–water partition coefficient (Wildman–Crippen LogP) is 5.40. The molecule has 6 heterocycles. The van der Waals surface area contributed by atoms with E-state index in [0.717, 1.165) is 25.3 Å². The second-order valence-electron chi connectivity index (χ2n) is 11.8. The summed E-state index contributed by atoms with van der Waals surface area (Å²) in [6, 6.07) is 0.556. The van der Waals surface area contributed by atoms with Crippen molar-refractivity contribution in [2.24, 2.45) is 5.92 Å². The third-order valence-corrected chi connectivity index (χ3v) is 10.8. The highest BCUT2D eigenvalue weighted by molar-refractivity contribution is 7.19. The first-order valence-electron chi connectivity index (χ1n) is 13.8. The van der Waals surface area contributed by atoms with E-state index in [1.807, 2.05) is 20.8 Å².